The number of hydrogen-bond donors (Lipinski definition) is 0. The summed E-state index contributed by atoms with van der Waals surface area (Å²) in [5.74, 6) is 4.20. The number of allylic oxidation sites excluding steroid dienone is 2. The molecule has 0 aliphatic heterocycles. The Morgan fingerprint density at radius 3 is 2.20 bits per heavy atom. The summed E-state index contributed by atoms with van der Waals surface area (Å²) in [5, 5.41) is 0. The predicted octanol–water partition coefficient (Wildman–Crippen LogP) is 6.99. The number of aryl methyl sites for hydroxylation is 1. The molecule has 0 spiro atoms. The van der Waals surface area contributed by atoms with E-state index >= 15 is 0 Å². The van der Waals surface area contributed by atoms with Crippen molar-refractivity contribution >= 4 is 0 Å². The Kier molecular flexibility index (Phi) is 6.32. The van der Waals surface area contributed by atoms with Crippen molar-refractivity contribution in [1.29, 1.82) is 0 Å². The van der Waals surface area contributed by atoms with Crippen molar-refractivity contribution in [2.45, 2.75) is 51.9 Å². The number of hydrogen-bond acceptors (Lipinski definition) is 0. The first-order valence-electron chi connectivity index (χ1n) is 10.9. The number of halogens is 3. The lowest BCUT2D eigenvalue weighted by Crippen LogP contribution is -2.26. The van der Waals surface area contributed by atoms with Crippen molar-refractivity contribution in [3.8, 4) is 11.8 Å². The summed E-state index contributed by atoms with van der Waals surface area (Å²) < 4.78 is 39.8. The Balaban J connectivity index is 1.43. The average molecular weight is 409 g/mol. The quantitative estimate of drug-likeness (QED) is 0.285. The molecular weight excluding hydrogens is 381 g/mol. The summed E-state index contributed by atoms with van der Waals surface area (Å²) in [6, 6.07) is 8.09. The normalized spacial score (nSPS) is 23.7. The van der Waals surface area contributed by atoms with Crippen molar-refractivity contribution in [3.05, 3.63) is 82.2 Å². The zero-order chi connectivity index (χ0) is 21.1. The van der Waals surface area contributed by atoms with Crippen LogP contribution in [0.1, 0.15) is 61.3 Å². The summed E-state index contributed by atoms with van der Waals surface area (Å²) in [4.78, 5) is 0. The second-order valence-corrected chi connectivity index (χ2v) is 8.69. The van der Waals surface area contributed by atoms with Gasteiger partial charge in [0.15, 0.2) is 17.5 Å². The van der Waals surface area contributed by atoms with E-state index in [4.69, 9.17) is 0 Å². The first-order valence-corrected chi connectivity index (χ1v) is 10.9. The molecule has 0 radical (unpaired) electrons. The smallest absolute Gasteiger partial charge is 0.194 e. The lowest BCUT2D eigenvalue weighted by Gasteiger charge is -2.36. The van der Waals surface area contributed by atoms with E-state index in [1.165, 1.54) is 43.2 Å². The molecule has 0 N–H and O–H groups in total. The maximum absolute atomic E-state index is 13.4. The topological polar surface area (TPSA) is 0 Å². The minimum absolute atomic E-state index is 0.137. The van der Waals surface area contributed by atoms with Gasteiger partial charge in [-0.15, -0.1) is 0 Å². The number of fused-ring (bicyclic) bond motifs is 1. The molecule has 1 unspecified atom stereocenters. The van der Waals surface area contributed by atoms with Crippen molar-refractivity contribution in [1.82, 2.24) is 0 Å². The standard InChI is InChI=1S/C27H27F3/c1-2-3-18-6-9-21(10-7-18)23-13-12-22-14-19(8-11-24(22)17-23)4-5-20-15-25(28)27(30)26(29)16-20/h2-3,8,11,14-16,18,21,23H,6-7,9-10,12-13,17H2,1H3/b3-2+. The minimum atomic E-state index is -1.46. The minimum Gasteiger partial charge on any atom is -0.204 e. The highest BCUT2D eigenvalue weighted by Gasteiger charge is 2.29. The van der Waals surface area contributed by atoms with Crippen LogP contribution in [-0.4, -0.2) is 0 Å². The highest BCUT2D eigenvalue weighted by molar-refractivity contribution is 5.46. The molecular formula is C27H27F3. The Hall–Kier alpha value is -2.47. The first-order chi connectivity index (χ1) is 14.5. The molecule has 0 saturated heterocycles. The van der Waals surface area contributed by atoms with E-state index in [1.54, 1.807) is 0 Å². The van der Waals surface area contributed by atoms with Crippen molar-refractivity contribution in [3.63, 3.8) is 0 Å². The van der Waals surface area contributed by atoms with Crippen LogP contribution in [0, 0.1) is 47.0 Å². The van der Waals surface area contributed by atoms with Crippen LogP contribution in [0.2, 0.25) is 0 Å². The second-order valence-electron chi connectivity index (χ2n) is 8.69. The van der Waals surface area contributed by atoms with Gasteiger partial charge in [-0.05, 0) is 105 Å². The molecule has 2 aromatic rings. The van der Waals surface area contributed by atoms with E-state index in [1.807, 2.05) is 6.07 Å². The van der Waals surface area contributed by atoms with Crippen LogP contribution in [0.3, 0.4) is 0 Å². The summed E-state index contributed by atoms with van der Waals surface area (Å²) in [5.41, 5.74) is 3.70. The average Bonchev–Trinajstić information content (AvgIpc) is 2.76. The van der Waals surface area contributed by atoms with E-state index in [9.17, 15) is 13.2 Å². The molecule has 1 atom stereocenters. The van der Waals surface area contributed by atoms with Crippen LogP contribution in [0.15, 0.2) is 42.5 Å². The molecule has 0 amide bonds. The fourth-order valence-corrected chi connectivity index (χ4v) is 5.12. The molecule has 3 heteroatoms. The van der Waals surface area contributed by atoms with E-state index in [0.29, 0.717) is 0 Å². The van der Waals surface area contributed by atoms with Gasteiger partial charge in [0.25, 0.3) is 0 Å². The predicted molar refractivity (Wildman–Crippen MR) is 115 cm³/mol. The van der Waals surface area contributed by atoms with E-state index in [2.05, 4.69) is 43.0 Å². The first kappa shape index (κ1) is 20.8. The van der Waals surface area contributed by atoms with Crippen LogP contribution in [-0.2, 0) is 12.8 Å². The van der Waals surface area contributed by atoms with Crippen molar-refractivity contribution in [2.24, 2.45) is 17.8 Å². The lowest BCUT2D eigenvalue weighted by atomic mass is 9.69. The third-order valence-electron chi connectivity index (χ3n) is 6.76. The van der Waals surface area contributed by atoms with Crippen LogP contribution < -0.4 is 0 Å². The van der Waals surface area contributed by atoms with Crippen LogP contribution in [0.4, 0.5) is 13.2 Å². The van der Waals surface area contributed by atoms with Gasteiger partial charge in [-0.1, -0.05) is 30.1 Å². The van der Waals surface area contributed by atoms with Gasteiger partial charge in [0.2, 0.25) is 0 Å². The molecule has 0 nitrogen and oxygen atoms in total. The van der Waals surface area contributed by atoms with Crippen molar-refractivity contribution < 1.29 is 13.2 Å². The van der Waals surface area contributed by atoms with Gasteiger partial charge in [-0.2, -0.15) is 0 Å². The largest absolute Gasteiger partial charge is 0.204 e. The van der Waals surface area contributed by atoms with Gasteiger partial charge < -0.3 is 0 Å². The van der Waals surface area contributed by atoms with E-state index < -0.39 is 17.5 Å². The molecule has 4 rings (SSSR count). The highest BCUT2D eigenvalue weighted by Crippen LogP contribution is 2.40. The van der Waals surface area contributed by atoms with Gasteiger partial charge in [0.1, 0.15) is 0 Å². The zero-order valence-corrected chi connectivity index (χ0v) is 17.4. The maximum atomic E-state index is 13.4. The molecule has 1 fully saturated rings. The number of benzene rings is 2. The third kappa shape index (κ3) is 4.64. The number of rotatable bonds is 2. The van der Waals surface area contributed by atoms with Gasteiger partial charge in [0.05, 0.1) is 0 Å². The molecule has 0 bridgehead atoms. The fraction of sp³-hybridized carbons (Fsp3) is 0.407. The molecule has 2 aliphatic carbocycles. The molecule has 30 heavy (non-hydrogen) atoms. The Bertz CT molecular complexity index is 977. The molecule has 1 saturated carbocycles. The Morgan fingerprint density at radius 1 is 0.800 bits per heavy atom. The Morgan fingerprint density at radius 2 is 1.50 bits per heavy atom. The van der Waals surface area contributed by atoms with E-state index in [0.717, 1.165) is 48.3 Å². The van der Waals surface area contributed by atoms with Crippen LogP contribution >= 0.6 is 0 Å². The molecule has 2 aromatic carbocycles. The molecule has 0 aromatic heterocycles. The lowest BCUT2D eigenvalue weighted by molar-refractivity contribution is 0.206. The SMILES string of the molecule is C/C=C/C1CCC(C2CCc3cc(C#Cc4cc(F)c(F)c(F)c4)ccc3C2)CC1. The zero-order valence-electron chi connectivity index (χ0n) is 17.4. The highest BCUT2D eigenvalue weighted by atomic mass is 19.2. The van der Waals surface area contributed by atoms with Gasteiger partial charge in [-0.3, -0.25) is 0 Å². The van der Waals surface area contributed by atoms with E-state index in [-0.39, 0.29) is 5.56 Å². The molecule has 2 aliphatic rings. The summed E-state index contributed by atoms with van der Waals surface area (Å²) in [7, 11) is 0. The van der Waals surface area contributed by atoms with Crippen LogP contribution in [0.25, 0.3) is 0 Å². The summed E-state index contributed by atoms with van der Waals surface area (Å²) in [6.45, 7) is 2.11. The third-order valence-corrected chi connectivity index (χ3v) is 6.76. The fourth-order valence-electron chi connectivity index (χ4n) is 5.12. The van der Waals surface area contributed by atoms with Gasteiger partial charge in [0, 0.05) is 11.1 Å². The van der Waals surface area contributed by atoms with Crippen molar-refractivity contribution in [2.75, 3.05) is 0 Å². The summed E-state index contributed by atoms with van der Waals surface area (Å²) >= 11 is 0. The van der Waals surface area contributed by atoms with Crippen LogP contribution in [0.5, 0.6) is 0 Å². The Labute approximate surface area is 177 Å². The molecule has 0 heterocycles. The summed E-state index contributed by atoms with van der Waals surface area (Å²) in [6.07, 6.45) is 13.3. The van der Waals surface area contributed by atoms with Gasteiger partial charge >= 0.3 is 0 Å². The maximum Gasteiger partial charge on any atom is 0.194 e. The monoisotopic (exact) mass is 408 g/mol. The molecule has 156 valence electrons. The second kappa shape index (κ2) is 9.13. The van der Waals surface area contributed by atoms with Gasteiger partial charge in [-0.25, -0.2) is 13.2 Å².